The molecule has 1 aliphatic heterocycles. The van der Waals surface area contributed by atoms with Crippen molar-refractivity contribution in [3.05, 3.63) is 41.3 Å². The van der Waals surface area contributed by atoms with Gasteiger partial charge >= 0.3 is 0 Å². The van der Waals surface area contributed by atoms with Crippen molar-refractivity contribution in [3.63, 3.8) is 0 Å². The van der Waals surface area contributed by atoms with Crippen LogP contribution in [-0.4, -0.2) is 30.9 Å². The molecule has 0 saturated carbocycles. The first-order chi connectivity index (χ1) is 12.5. The fourth-order valence-corrected chi connectivity index (χ4v) is 3.68. The van der Waals surface area contributed by atoms with Crippen molar-refractivity contribution < 1.29 is 19.1 Å². The minimum atomic E-state index is -0.601. The lowest BCUT2D eigenvalue weighted by atomic mass is 10.1. The van der Waals surface area contributed by atoms with Gasteiger partial charge in [0.05, 0.1) is 23.8 Å². The Hall–Kier alpha value is -2.87. The van der Waals surface area contributed by atoms with Crippen molar-refractivity contribution in [1.82, 2.24) is 0 Å². The predicted octanol–water partition coefficient (Wildman–Crippen LogP) is 2.24. The number of carbonyl (C=O) groups is 3. The van der Waals surface area contributed by atoms with Gasteiger partial charge in [-0.15, -0.1) is 11.3 Å². The number of hydrogen-bond acceptors (Lipinski definition) is 5. The van der Waals surface area contributed by atoms with E-state index in [0.29, 0.717) is 23.0 Å². The molecule has 1 aromatic carbocycles. The Labute approximate surface area is 154 Å². The molecule has 0 aliphatic carbocycles. The van der Waals surface area contributed by atoms with Gasteiger partial charge in [0.15, 0.2) is 0 Å². The summed E-state index contributed by atoms with van der Waals surface area (Å²) < 4.78 is 5.58. The monoisotopic (exact) mass is 373 g/mol. The van der Waals surface area contributed by atoms with Crippen LogP contribution in [0.4, 0.5) is 10.7 Å². The molecular formula is C18H19N3O4S. The number of para-hydroxylation sites is 2. The first-order valence-electron chi connectivity index (χ1n) is 8.21. The molecule has 1 saturated heterocycles. The third-order valence-corrected chi connectivity index (χ3v) is 4.95. The van der Waals surface area contributed by atoms with Gasteiger partial charge < -0.3 is 20.7 Å². The number of thiophene rings is 1. The van der Waals surface area contributed by atoms with Crippen LogP contribution in [-0.2, 0) is 9.59 Å². The minimum absolute atomic E-state index is 0.101. The Bertz CT molecular complexity index is 848. The van der Waals surface area contributed by atoms with Crippen LogP contribution in [0.2, 0.25) is 0 Å². The van der Waals surface area contributed by atoms with Gasteiger partial charge in [-0.3, -0.25) is 14.4 Å². The summed E-state index contributed by atoms with van der Waals surface area (Å²) in [6, 6.07) is 8.82. The van der Waals surface area contributed by atoms with Crippen molar-refractivity contribution >= 4 is 39.7 Å². The maximum atomic E-state index is 12.6. The molecule has 7 nitrogen and oxygen atoms in total. The van der Waals surface area contributed by atoms with Crippen LogP contribution < -0.4 is 20.7 Å². The number of primary amides is 1. The van der Waals surface area contributed by atoms with Gasteiger partial charge in [-0.2, -0.15) is 0 Å². The van der Waals surface area contributed by atoms with Crippen molar-refractivity contribution in [2.24, 2.45) is 11.7 Å². The lowest BCUT2D eigenvalue weighted by molar-refractivity contribution is -0.122. The molecule has 0 unspecified atom stereocenters. The zero-order valence-electron chi connectivity index (χ0n) is 14.2. The second kappa shape index (κ2) is 7.57. The van der Waals surface area contributed by atoms with E-state index in [0.717, 1.165) is 0 Å². The van der Waals surface area contributed by atoms with Gasteiger partial charge in [-0.25, -0.2) is 0 Å². The molecule has 1 aromatic heterocycles. The molecule has 3 amide bonds. The molecule has 26 heavy (non-hydrogen) atoms. The number of anilines is 2. The Kier molecular flexibility index (Phi) is 5.22. The number of benzene rings is 1. The number of nitrogens with zero attached hydrogens (tertiary/aromatic N) is 1. The van der Waals surface area contributed by atoms with Gasteiger partial charge in [0.25, 0.3) is 5.91 Å². The second-order valence-corrected chi connectivity index (χ2v) is 6.74. The molecule has 1 fully saturated rings. The van der Waals surface area contributed by atoms with E-state index in [-0.39, 0.29) is 30.3 Å². The number of hydrogen-bond donors (Lipinski definition) is 2. The van der Waals surface area contributed by atoms with E-state index in [1.165, 1.54) is 11.3 Å². The third-order valence-electron chi connectivity index (χ3n) is 4.12. The number of amides is 3. The lowest BCUT2D eigenvalue weighted by Gasteiger charge is -2.20. The van der Waals surface area contributed by atoms with Crippen molar-refractivity contribution in [1.29, 1.82) is 0 Å². The van der Waals surface area contributed by atoms with Crippen molar-refractivity contribution in [2.75, 3.05) is 23.4 Å². The number of nitrogens with one attached hydrogen (secondary N) is 1. The Morgan fingerprint density at radius 2 is 2.12 bits per heavy atom. The fraction of sp³-hybridized carbons (Fsp3) is 0.278. The van der Waals surface area contributed by atoms with E-state index in [4.69, 9.17) is 10.5 Å². The molecular weight excluding hydrogens is 354 g/mol. The van der Waals surface area contributed by atoms with E-state index in [1.807, 2.05) is 19.1 Å². The summed E-state index contributed by atoms with van der Waals surface area (Å²) in [5.74, 6) is -0.951. The van der Waals surface area contributed by atoms with E-state index in [1.54, 1.807) is 28.5 Å². The number of carbonyl (C=O) groups excluding carboxylic acids is 3. The van der Waals surface area contributed by atoms with Crippen LogP contribution in [0.3, 0.4) is 0 Å². The molecule has 3 rings (SSSR count). The number of nitrogens with two attached hydrogens (primary N) is 1. The SMILES string of the molecule is CCOc1ccccc1N1C[C@@H](C(=O)Nc2sccc2C(N)=O)CC1=O. The maximum Gasteiger partial charge on any atom is 0.251 e. The van der Waals surface area contributed by atoms with Crippen LogP contribution in [0, 0.1) is 5.92 Å². The predicted molar refractivity (Wildman–Crippen MR) is 99.5 cm³/mol. The molecule has 0 spiro atoms. The topological polar surface area (TPSA) is 102 Å². The van der Waals surface area contributed by atoms with Crippen LogP contribution in [0.25, 0.3) is 0 Å². The second-order valence-electron chi connectivity index (χ2n) is 5.82. The highest BCUT2D eigenvalue weighted by molar-refractivity contribution is 7.14. The minimum Gasteiger partial charge on any atom is -0.492 e. The molecule has 1 atom stereocenters. The van der Waals surface area contributed by atoms with Crippen LogP contribution in [0.15, 0.2) is 35.7 Å². The highest BCUT2D eigenvalue weighted by atomic mass is 32.1. The normalized spacial score (nSPS) is 16.6. The summed E-state index contributed by atoms with van der Waals surface area (Å²) >= 11 is 1.22. The van der Waals surface area contributed by atoms with E-state index in [2.05, 4.69) is 5.32 Å². The van der Waals surface area contributed by atoms with Gasteiger partial charge in [0.2, 0.25) is 11.8 Å². The summed E-state index contributed by atoms with van der Waals surface area (Å²) in [6.07, 6.45) is 0.101. The molecule has 8 heteroatoms. The van der Waals surface area contributed by atoms with Crippen LogP contribution >= 0.6 is 11.3 Å². The molecule has 2 aromatic rings. The smallest absolute Gasteiger partial charge is 0.251 e. The average molecular weight is 373 g/mol. The molecule has 136 valence electrons. The number of rotatable bonds is 6. The molecule has 0 radical (unpaired) electrons. The third kappa shape index (κ3) is 3.55. The summed E-state index contributed by atoms with van der Waals surface area (Å²) in [6.45, 7) is 2.61. The zero-order chi connectivity index (χ0) is 18.7. The summed E-state index contributed by atoms with van der Waals surface area (Å²) in [5, 5.41) is 4.80. The van der Waals surface area contributed by atoms with E-state index >= 15 is 0 Å². The number of ether oxygens (including phenoxy) is 1. The molecule has 3 N–H and O–H groups in total. The van der Waals surface area contributed by atoms with Gasteiger partial charge in [-0.1, -0.05) is 12.1 Å². The van der Waals surface area contributed by atoms with Crippen molar-refractivity contribution in [2.45, 2.75) is 13.3 Å². The first-order valence-corrected chi connectivity index (χ1v) is 9.09. The summed E-state index contributed by atoms with van der Waals surface area (Å²) in [5.41, 5.74) is 6.22. The van der Waals surface area contributed by atoms with Gasteiger partial charge in [-0.05, 0) is 30.5 Å². The highest BCUT2D eigenvalue weighted by Gasteiger charge is 2.36. The van der Waals surface area contributed by atoms with Crippen molar-refractivity contribution in [3.8, 4) is 5.75 Å². The van der Waals surface area contributed by atoms with Crippen LogP contribution in [0.1, 0.15) is 23.7 Å². The Morgan fingerprint density at radius 1 is 1.35 bits per heavy atom. The van der Waals surface area contributed by atoms with E-state index in [9.17, 15) is 14.4 Å². The summed E-state index contributed by atoms with van der Waals surface area (Å²) in [4.78, 5) is 37.9. The Morgan fingerprint density at radius 3 is 2.85 bits per heavy atom. The largest absolute Gasteiger partial charge is 0.492 e. The van der Waals surface area contributed by atoms with Crippen LogP contribution in [0.5, 0.6) is 5.75 Å². The Balaban J connectivity index is 1.74. The lowest BCUT2D eigenvalue weighted by Crippen LogP contribution is -2.28. The summed E-state index contributed by atoms with van der Waals surface area (Å²) in [7, 11) is 0. The van der Waals surface area contributed by atoms with E-state index < -0.39 is 11.8 Å². The fourth-order valence-electron chi connectivity index (χ4n) is 2.89. The quantitative estimate of drug-likeness (QED) is 0.811. The molecule has 1 aliphatic rings. The zero-order valence-corrected chi connectivity index (χ0v) is 15.0. The standard InChI is InChI=1S/C18H19N3O4S/c1-2-25-14-6-4-3-5-13(14)21-10-11(9-15(21)22)17(24)20-18-12(16(19)23)7-8-26-18/h3-8,11H,2,9-10H2,1H3,(H2,19,23)(H,20,24)/t11-/m0/s1. The van der Waals surface area contributed by atoms with Gasteiger partial charge in [0, 0.05) is 13.0 Å². The van der Waals surface area contributed by atoms with Gasteiger partial charge in [0.1, 0.15) is 10.8 Å². The molecule has 2 heterocycles. The average Bonchev–Trinajstić information content (AvgIpc) is 3.22. The molecule has 0 bridgehead atoms. The maximum absolute atomic E-state index is 12.6. The first kappa shape index (κ1) is 17.9. The highest BCUT2D eigenvalue weighted by Crippen LogP contribution is 2.33.